The fourth-order valence-electron chi connectivity index (χ4n) is 3.07. The van der Waals surface area contributed by atoms with Crippen LogP contribution >= 0.6 is 0 Å². The molecule has 1 aliphatic heterocycles. The van der Waals surface area contributed by atoms with Gasteiger partial charge >= 0.3 is 0 Å². The second kappa shape index (κ2) is 9.50. The Kier molecular flexibility index (Phi) is 6.78. The number of hydrogen-bond donors (Lipinski definition) is 0. The molecule has 0 radical (unpaired) electrons. The molecule has 1 heterocycles. The van der Waals surface area contributed by atoms with Crippen LogP contribution in [0.5, 0.6) is 0 Å². The molecular weight excluding hydrogens is 312 g/mol. The van der Waals surface area contributed by atoms with Crippen molar-refractivity contribution in [3.8, 4) is 11.1 Å². The van der Waals surface area contributed by atoms with Gasteiger partial charge in [0.1, 0.15) is 0 Å². The van der Waals surface area contributed by atoms with Crippen molar-refractivity contribution in [2.24, 2.45) is 0 Å². The van der Waals surface area contributed by atoms with Gasteiger partial charge in [-0.3, -0.25) is 4.79 Å². The number of unbranched alkanes of at least 4 members (excludes halogenated alkanes) is 1. The Labute approximate surface area is 150 Å². The van der Waals surface area contributed by atoms with Crippen LogP contribution in [0.1, 0.15) is 48.9 Å². The molecule has 3 heteroatoms. The van der Waals surface area contributed by atoms with Crippen molar-refractivity contribution in [1.29, 1.82) is 0 Å². The lowest BCUT2D eigenvalue weighted by molar-refractivity contribution is -0.162. The van der Waals surface area contributed by atoms with Gasteiger partial charge in [0.15, 0.2) is 12.1 Å². The Bertz CT molecular complexity index is 643. The first-order valence-electron chi connectivity index (χ1n) is 9.25. The molecule has 1 unspecified atom stereocenters. The van der Waals surface area contributed by atoms with E-state index in [2.05, 4.69) is 12.1 Å². The Morgan fingerprint density at radius 1 is 0.960 bits per heavy atom. The molecule has 25 heavy (non-hydrogen) atoms. The van der Waals surface area contributed by atoms with Gasteiger partial charge in [0.05, 0.1) is 0 Å². The van der Waals surface area contributed by atoms with Gasteiger partial charge in [-0.2, -0.15) is 0 Å². The van der Waals surface area contributed by atoms with Crippen LogP contribution in [0.25, 0.3) is 11.1 Å². The SMILES string of the molecule is O=C(CCCCOC1CCCCO1)c1ccc(-c2ccccc2)cc1. The third kappa shape index (κ3) is 5.52. The van der Waals surface area contributed by atoms with Gasteiger partial charge in [-0.15, -0.1) is 0 Å². The van der Waals surface area contributed by atoms with Gasteiger partial charge in [0.25, 0.3) is 0 Å². The van der Waals surface area contributed by atoms with Crippen LogP contribution in [0, 0.1) is 0 Å². The van der Waals surface area contributed by atoms with Crippen LogP contribution in [-0.4, -0.2) is 25.3 Å². The summed E-state index contributed by atoms with van der Waals surface area (Å²) in [5.74, 6) is 0.202. The maximum Gasteiger partial charge on any atom is 0.162 e. The molecule has 0 N–H and O–H groups in total. The smallest absolute Gasteiger partial charge is 0.162 e. The Balaban J connectivity index is 1.39. The van der Waals surface area contributed by atoms with E-state index >= 15 is 0 Å². The molecule has 1 atom stereocenters. The summed E-state index contributed by atoms with van der Waals surface area (Å²) in [6.07, 6.45) is 5.60. The first-order chi connectivity index (χ1) is 12.3. The summed E-state index contributed by atoms with van der Waals surface area (Å²) in [6, 6.07) is 18.1. The maximum atomic E-state index is 12.3. The number of carbonyl (C=O) groups is 1. The highest BCUT2D eigenvalue weighted by atomic mass is 16.7. The molecule has 1 saturated heterocycles. The summed E-state index contributed by atoms with van der Waals surface area (Å²) in [4.78, 5) is 12.3. The molecule has 3 rings (SSSR count). The van der Waals surface area contributed by atoms with Gasteiger partial charge < -0.3 is 9.47 Å². The van der Waals surface area contributed by atoms with Crippen molar-refractivity contribution < 1.29 is 14.3 Å². The zero-order valence-electron chi connectivity index (χ0n) is 14.7. The summed E-state index contributed by atoms with van der Waals surface area (Å²) in [5.41, 5.74) is 3.10. The van der Waals surface area contributed by atoms with Gasteiger partial charge in [0, 0.05) is 25.2 Å². The predicted octanol–water partition coefficient (Wildman–Crippen LogP) is 5.25. The topological polar surface area (TPSA) is 35.5 Å². The normalized spacial score (nSPS) is 17.4. The van der Waals surface area contributed by atoms with Gasteiger partial charge in [-0.25, -0.2) is 0 Å². The quantitative estimate of drug-likeness (QED) is 0.487. The standard InChI is InChI=1S/C22H26O3/c23-21(10-4-6-16-24-22-11-5-7-17-25-22)20-14-12-19(13-15-20)18-8-2-1-3-9-18/h1-3,8-9,12-15,22H,4-7,10-11,16-17H2. The number of carbonyl (C=O) groups excluding carboxylic acids is 1. The Hall–Kier alpha value is -1.97. The molecule has 132 valence electrons. The molecule has 1 aliphatic rings. The van der Waals surface area contributed by atoms with Crippen LogP contribution in [0.3, 0.4) is 0 Å². The van der Waals surface area contributed by atoms with Gasteiger partial charge in [-0.05, 0) is 43.2 Å². The van der Waals surface area contributed by atoms with E-state index in [-0.39, 0.29) is 12.1 Å². The molecule has 0 bridgehead atoms. The maximum absolute atomic E-state index is 12.3. The van der Waals surface area contributed by atoms with E-state index in [1.165, 1.54) is 12.0 Å². The van der Waals surface area contributed by atoms with Crippen molar-refractivity contribution in [1.82, 2.24) is 0 Å². The lowest BCUT2D eigenvalue weighted by atomic mass is 10.0. The zero-order chi connectivity index (χ0) is 17.3. The van der Waals surface area contributed by atoms with E-state index in [4.69, 9.17) is 9.47 Å². The van der Waals surface area contributed by atoms with Gasteiger partial charge in [0.2, 0.25) is 0 Å². The minimum Gasteiger partial charge on any atom is -0.353 e. The second-order valence-corrected chi connectivity index (χ2v) is 6.49. The minimum absolute atomic E-state index is 0.0324. The molecule has 1 fully saturated rings. The van der Waals surface area contributed by atoms with E-state index in [1.54, 1.807) is 0 Å². The summed E-state index contributed by atoms with van der Waals surface area (Å²) >= 11 is 0. The van der Waals surface area contributed by atoms with Crippen molar-refractivity contribution in [3.05, 3.63) is 60.2 Å². The van der Waals surface area contributed by atoms with Crippen LogP contribution in [0.2, 0.25) is 0 Å². The minimum atomic E-state index is -0.0324. The lowest BCUT2D eigenvalue weighted by Crippen LogP contribution is -2.22. The molecule has 0 aliphatic carbocycles. The van der Waals surface area contributed by atoms with Crippen LogP contribution in [-0.2, 0) is 9.47 Å². The Morgan fingerprint density at radius 3 is 2.44 bits per heavy atom. The summed E-state index contributed by atoms with van der Waals surface area (Å²) in [7, 11) is 0. The van der Waals surface area contributed by atoms with Gasteiger partial charge in [-0.1, -0.05) is 54.6 Å². The fourth-order valence-corrected chi connectivity index (χ4v) is 3.07. The predicted molar refractivity (Wildman–Crippen MR) is 99.6 cm³/mol. The molecule has 0 saturated carbocycles. The highest BCUT2D eigenvalue weighted by Crippen LogP contribution is 2.20. The summed E-state index contributed by atoms with van der Waals surface area (Å²) in [6.45, 7) is 1.48. The van der Waals surface area contributed by atoms with Crippen molar-refractivity contribution in [3.63, 3.8) is 0 Å². The van der Waals surface area contributed by atoms with Crippen molar-refractivity contribution >= 4 is 5.78 Å². The molecule has 2 aromatic rings. The molecule has 0 aromatic heterocycles. The number of ether oxygens (including phenoxy) is 2. The molecule has 2 aromatic carbocycles. The fraction of sp³-hybridized carbons (Fsp3) is 0.409. The van der Waals surface area contributed by atoms with E-state index in [9.17, 15) is 4.79 Å². The first-order valence-corrected chi connectivity index (χ1v) is 9.25. The van der Waals surface area contributed by atoms with Crippen molar-refractivity contribution in [2.75, 3.05) is 13.2 Å². The van der Waals surface area contributed by atoms with E-state index in [0.29, 0.717) is 13.0 Å². The molecular formula is C22H26O3. The first kappa shape index (κ1) is 17.8. The average Bonchev–Trinajstić information content (AvgIpc) is 2.69. The van der Waals surface area contributed by atoms with E-state index < -0.39 is 0 Å². The molecule has 0 amide bonds. The lowest BCUT2D eigenvalue weighted by Gasteiger charge is -2.22. The number of hydrogen-bond acceptors (Lipinski definition) is 3. The third-order valence-corrected chi connectivity index (χ3v) is 4.55. The largest absolute Gasteiger partial charge is 0.353 e. The third-order valence-electron chi connectivity index (χ3n) is 4.55. The molecule has 3 nitrogen and oxygen atoms in total. The highest BCUT2D eigenvalue weighted by Gasteiger charge is 2.13. The second-order valence-electron chi connectivity index (χ2n) is 6.49. The van der Waals surface area contributed by atoms with E-state index in [0.717, 1.165) is 43.4 Å². The summed E-state index contributed by atoms with van der Waals surface area (Å²) in [5, 5.41) is 0. The monoisotopic (exact) mass is 338 g/mol. The average molecular weight is 338 g/mol. The number of ketones is 1. The van der Waals surface area contributed by atoms with Crippen LogP contribution in [0.15, 0.2) is 54.6 Å². The number of Topliss-reactive ketones (excluding diaryl/α,β-unsaturated/α-hetero) is 1. The van der Waals surface area contributed by atoms with Crippen LogP contribution in [0.4, 0.5) is 0 Å². The molecule has 0 spiro atoms. The number of rotatable bonds is 8. The van der Waals surface area contributed by atoms with Crippen molar-refractivity contribution in [2.45, 2.75) is 44.8 Å². The highest BCUT2D eigenvalue weighted by molar-refractivity contribution is 5.96. The Morgan fingerprint density at radius 2 is 1.72 bits per heavy atom. The zero-order valence-corrected chi connectivity index (χ0v) is 14.7. The van der Waals surface area contributed by atoms with E-state index in [1.807, 2.05) is 42.5 Å². The van der Waals surface area contributed by atoms with Crippen LogP contribution < -0.4 is 0 Å². The summed E-state index contributed by atoms with van der Waals surface area (Å²) < 4.78 is 11.2. The number of benzene rings is 2.